The minimum atomic E-state index is -0.367. The maximum atomic E-state index is 10.3. The van der Waals surface area contributed by atoms with E-state index in [1.54, 1.807) is 7.11 Å². The molecule has 5 heteroatoms. The minimum Gasteiger partial charge on any atom is -0.500 e. The lowest BCUT2D eigenvalue weighted by molar-refractivity contribution is -0.428. The minimum absolute atomic E-state index is 0.225. The van der Waals surface area contributed by atoms with Crippen LogP contribution in [0.2, 0.25) is 0 Å². The number of nitro groups is 1. The van der Waals surface area contributed by atoms with Crippen molar-refractivity contribution < 1.29 is 9.66 Å². The number of nitrogens with zero attached hydrogens (tertiary/aromatic N) is 1. The Balaban J connectivity index is 2.88. The quantitative estimate of drug-likeness (QED) is 0.543. The maximum Gasteiger partial charge on any atom is 0.247 e. The summed E-state index contributed by atoms with van der Waals surface area (Å²) in [5, 5.41) is 10.3. The van der Waals surface area contributed by atoms with Gasteiger partial charge in [0.1, 0.15) is 5.76 Å². The highest BCUT2D eigenvalue weighted by atomic mass is 79.9. The van der Waals surface area contributed by atoms with Gasteiger partial charge >= 0.3 is 0 Å². The third kappa shape index (κ3) is 1.85. The van der Waals surface area contributed by atoms with Crippen LogP contribution in [0.1, 0.15) is 12.8 Å². The summed E-state index contributed by atoms with van der Waals surface area (Å²) in [6, 6.07) is 0. The normalized spacial score (nSPS) is 17.3. The number of hydrogen-bond acceptors (Lipinski definition) is 3. The van der Waals surface area contributed by atoms with Crippen LogP contribution >= 0.6 is 15.9 Å². The van der Waals surface area contributed by atoms with Crippen LogP contribution < -0.4 is 0 Å². The van der Waals surface area contributed by atoms with E-state index in [1.165, 1.54) is 6.08 Å². The van der Waals surface area contributed by atoms with Crippen LogP contribution in [0, 0.1) is 10.1 Å². The largest absolute Gasteiger partial charge is 0.500 e. The molecule has 0 amide bonds. The molecule has 0 aromatic heterocycles. The molecule has 66 valence electrons. The molecule has 0 N–H and O–H groups in total. The Morgan fingerprint density at radius 3 is 2.75 bits per heavy atom. The number of hydrogen-bond donors (Lipinski definition) is 0. The lowest BCUT2D eigenvalue weighted by atomic mass is 10.1. The second-order valence-corrected chi connectivity index (χ2v) is 3.22. The van der Waals surface area contributed by atoms with E-state index in [0.29, 0.717) is 17.3 Å². The maximum absolute atomic E-state index is 10.3. The molecule has 0 atom stereocenters. The molecular weight excluding hydrogens is 226 g/mol. The molecule has 0 saturated carbocycles. The smallest absolute Gasteiger partial charge is 0.247 e. The van der Waals surface area contributed by atoms with Crippen molar-refractivity contribution in [2.45, 2.75) is 12.8 Å². The molecule has 1 aliphatic rings. The highest BCUT2D eigenvalue weighted by Gasteiger charge is 2.19. The fourth-order valence-corrected chi connectivity index (χ4v) is 1.63. The van der Waals surface area contributed by atoms with Crippen LogP contribution in [0.15, 0.2) is 22.0 Å². The first-order chi connectivity index (χ1) is 5.65. The van der Waals surface area contributed by atoms with Gasteiger partial charge in [0.2, 0.25) is 5.70 Å². The van der Waals surface area contributed by atoms with Gasteiger partial charge in [0.25, 0.3) is 0 Å². The van der Waals surface area contributed by atoms with E-state index >= 15 is 0 Å². The molecule has 0 bridgehead atoms. The van der Waals surface area contributed by atoms with E-state index in [-0.39, 0.29) is 10.6 Å². The van der Waals surface area contributed by atoms with Crippen LogP contribution in [0.25, 0.3) is 0 Å². The third-order valence-corrected chi connectivity index (χ3v) is 2.32. The highest BCUT2D eigenvalue weighted by molar-refractivity contribution is 9.11. The average molecular weight is 234 g/mol. The second-order valence-electron chi connectivity index (χ2n) is 2.37. The predicted octanol–water partition coefficient (Wildman–Crippen LogP) is 2.19. The SMILES string of the molecule is COC1=C(Br)C=C([N+](=O)[O-])CC1. The first-order valence-corrected chi connectivity index (χ1v) is 4.22. The number of methoxy groups -OCH3 is 1. The van der Waals surface area contributed by atoms with Crippen molar-refractivity contribution in [3.05, 3.63) is 32.1 Å². The fourth-order valence-electron chi connectivity index (χ4n) is 1.00. The Morgan fingerprint density at radius 2 is 2.33 bits per heavy atom. The van der Waals surface area contributed by atoms with Crippen molar-refractivity contribution in [1.82, 2.24) is 0 Å². The van der Waals surface area contributed by atoms with Gasteiger partial charge in [0.05, 0.1) is 16.5 Å². The number of ether oxygens (including phenoxy) is 1. The summed E-state index contributed by atoms with van der Waals surface area (Å²) in [5.41, 5.74) is 0.225. The zero-order valence-corrected chi connectivity index (χ0v) is 8.13. The molecule has 0 saturated heterocycles. The van der Waals surface area contributed by atoms with E-state index < -0.39 is 0 Å². The van der Waals surface area contributed by atoms with Gasteiger partial charge in [-0.15, -0.1) is 0 Å². The van der Waals surface area contributed by atoms with Crippen molar-refractivity contribution in [1.29, 1.82) is 0 Å². The van der Waals surface area contributed by atoms with E-state index in [1.807, 2.05) is 0 Å². The Kier molecular flexibility index (Phi) is 2.86. The second kappa shape index (κ2) is 3.71. The molecule has 0 fully saturated rings. The van der Waals surface area contributed by atoms with E-state index in [2.05, 4.69) is 15.9 Å². The molecule has 4 nitrogen and oxygen atoms in total. The summed E-state index contributed by atoms with van der Waals surface area (Å²) in [7, 11) is 1.56. The Hall–Kier alpha value is -0.840. The molecule has 0 unspecified atom stereocenters. The summed E-state index contributed by atoms with van der Waals surface area (Å²) < 4.78 is 5.67. The van der Waals surface area contributed by atoms with Gasteiger partial charge in [-0.05, 0) is 15.9 Å². The van der Waals surface area contributed by atoms with E-state index in [0.717, 1.165) is 5.76 Å². The van der Waals surface area contributed by atoms with Crippen molar-refractivity contribution >= 4 is 15.9 Å². The van der Waals surface area contributed by atoms with Gasteiger partial charge in [-0.2, -0.15) is 0 Å². The molecule has 0 aromatic rings. The Morgan fingerprint density at radius 1 is 1.67 bits per heavy atom. The molecule has 0 aliphatic heterocycles. The standard InChI is InChI=1S/C7H8BrNO3/c1-12-7-3-2-5(9(10)11)4-6(7)8/h4H,2-3H2,1H3. The topological polar surface area (TPSA) is 52.4 Å². The molecule has 0 aromatic carbocycles. The van der Waals surface area contributed by atoms with Gasteiger partial charge < -0.3 is 4.74 Å². The third-order valence-electron chi connectivity index (χ3n) is 1.65. The summed E-state index contributed by atoms with van der Waals surface area (Å²) in [6.45, 7) is 0. The van der Waals surface area contributed by atoms with E-state index in [9.17, 15) is 10.1 Å². The Labute approximate surface area is 78.2 Å². The lowest BCUT2D eigenvalue weighted by Crippen LogP contribution is -2.05. The van der Waals surface area contributed by atoms with Gasteiger partial charge in [-0.25, -0.2) is 0 Å². The van der Waals surface area contributed by atoms with Gasteiger partial charge in [0.15, 0.2) is 0 Å². The van der Waals surface area contributed by atoms with Crippen molar-refractivity contribution in [3.8, 4) is 0 Å². The lowest BCUT2D eigenvalue weighted by Gasteiger charge is -2.10. The molecule has 1 rings (SSSR count). The van der Waals surface area contributed by atoms with Crippen LogP contribution in [0.4, 0.5) is 0 Å². The zero-order valence-electron chi connectivity index (χ0n) is 6.54. The fraction of sp³-hybridized carbons (Fsp3) is 0.429. The number of rotatable bonds is 2. The summed E-state index contributed by atoms with van der Waals surface area (Å²) in [5.74, 6) is 0.764. The van der Waals surface area contributed by atoms with Crippen molar-refractivity contribution in [3.63, 3.8) is 0 Å². The van der Waals surface area contributed by atoms with Crippen LogP contribution in [0.5, 0.6) is 0 Å². The van der Waals surface area contributed by atoms with Gasteiger partial charge in [-0.3, -0.25) is 10.1 Å². The summed E-state index contributed by atoms with van der Waals surface area (Å²) in [4.78, 5) is 9.98. The molecule has 1 aliphatic carbocycles. The monoisotopic (exact) mass is 233 g/mol. The van der Waals surface area contributed by atoms with Crippen LogP contribution in [-0.4, -0.2) is 12.0 Å². The van der Waals surface area contributed by atoms with E-state index in [4.69, 9.17) is 4.74 Å². The zero-order chi connectivity index (χ0) is 9.14. The molecule has 12 heavy (non-hydrogen) atoms. The average Bonchev–Trinajstić information content (AvgIpc) is 2.04. The molecular formula is C7H8BrNO3. The summed E-state index contributed by atoms with van der Waals surface area (Å²) >= 11 is 3.20. The number of halogens is 1. The highest BCUT2D eigenvalue weighted by Crippen LogP contribution is 2.27. The first-order valence-electron chi connectivity index (χ1n) is 3.42. The Bertz CT molecular complexity index is 270. The molecule has 0 spiro atoms. The van der Waals surface area contributed by atoms with Gasteiger partial charge in [0, 0.05) is 18.9 Å². The molecule has 0 heterocycles. The first kappa shape index (κ1) is 9.25. The number of allylic oxidation sites excluding steroid dienone is 4. The van der Waals surface area contributed by atoms with Crippen molar-refractivity contribution in [2.24, 2.45) is 0 Å². The predicted molar refractivity (Wildman–Crippen MR) is 47.3 cm³/mol. The van der Waals surface area contributed by atoms with Crippen molar-refractivity contribution in [2.75, 3.05) is 7.11 Å². The summed E-state index contributed by atoms with van der Waals surface area (Å²) in [6.07, 6.45) is 2.51. The van der Waals surface area contributed by atoms with Crippen LogP contribution in [-0.2, 0) is 4.74 Å². The van der Waals surface area contributed by atoms with Crippen LogP contribution in [0.3, 0.4) is 0 Å². The van der Waals surface area contributed by atoms with Gasteiger partial charge in [-0.1, -0.05) is 0 Å². The molecule has 0 radical (unpaired) electrons.